The Morgan fingerprint density at radius 2 is 1.82 bits per heavy atom. The highest BCUT2D eigenvalue weighted by atomic mass is 19.4. The molecular formula is C11H12F4N2O5. The van der Waals surface area contributed by atoms with Crippen molar-refractivity contribution in [2.45, 2.75) is 30.6 Å². The number of aliphatic hydroxyl groups excluding tert-OH is 3. The molecule has 4 N–H and O–H groups in total. The smallest absolute Gasteiger partial charge is 0.396 e. The molecule has 1 heterocycles. The van der Waals surface area contributed by atoms with Crippen LogP contribution in [-0.2, 0) is 6.18 Å². The third kappa shape index (κ3) is 2.55. The summed E-state index contributed by atoms with van der Waals surface area (Å²) in [5, 5.41) is 28.3. The number of alkyl halides is 4. The second kappa shape index (κ2) is 5.48. The molecule has 22 heavy (non-hydrogen) atoms. The lowest BCUT2D eigenvalue weighted by Crippen LogP contribution is -2.41. The lowest BCUT2D eigenvalue weighted by Gasteiger charge is -2.21. The molecule has 7 nitrogen and oxygen atoms in total. The fourth-order valence-corrected chi connectivity index (χ4v) is 2.52. The van der Waals surface area contributed by atoms with Crippen LogP contribution in [0, 0.1) is 5.92 Å². The van der Waals surface area contributed by atoms with Crippen LogP contribution in [0.5, 0.6) is 0 Å². The molecule has 1 aromatic heterocycles. The molecule has 11 heteroatoms. The summed E-state index contributed by atoms with van der Waals surface area (Å²) >= 11 is 0. The van der Waals surface area contributed by atoms with E-state index in [-0.39, 0.29) is 10.8 Å². The first-order chi connectivity index (χ1) is 10.1. The van der Waals surface area contributed by atoms with Crippen LogP contribution in [0.1, 0.15) is 11.6 Å². The molecule has 0 spiro atoms. The van der Waals surface area contributed by atoms with E-state index in [1.807, 2.05) is 0 Å². The second-order valence-electron chi connectivity index (χ2n) is 4.97. The minimum Gasteiger partial charge on any atom is -0.396 e. The fraction of sp³-hybridized carbons (Fsp3) is 0.636. The lowest BCUT2D eigenvalue weighted by atomic mass is 10.1. The highest BCUT2D eigenvalue weighted by Crippen LogP contribution is 2.37. The molecule has 1 aliphatic rings. The largest absolute Gasteiger partial charge is 0.423 e. The number of hydrogen-bond donors (Lipinski definition) is 4. The maximum absolute atomic E-state index is 14.1. The van der Waals surface area contributed by atoms with Crippen LogP contribution in [0.15, 0.2) is 15.8 Å². The van der Waals surface area contributed by atoms with Crippen LogP contribution < -0.4 is 11.2 Å². The van der Waals surface area contributed by atoms with Crippen LogP contribution in [0.2, 0.25) is 0 Å². The summed E-state index contributed by atoms with van der Waals surface area (Å²) in [4.78, 5) is 24.2. The van der Waals surface area contributed by atoms with Gasteiger partial charge in [0.1, 0.15) is 17.8 Å². The standard InChI is InChI=1S/C11H12F4N2O5/c12-5-3(2-18)7(19)8(20)6(5)17-1-4(11(13,14)15)9(21)16-10(17)22/h1,3,5-8,18-20H,2H2,(H,16,21,22)/t3-,5+,6+,7?,8?/m1/s1. The number of halogens is 4. The monoisotopic (exact) mass is 328 g/mol. The van der Waals surface area contributed by atoms with Crippen molar-refractivity contribution in [1.82, 2.24) is 9.55 Å². The van der Waals surface area contributed by atoms with Crippen molar-refractivity contribution in [3.8, 4) is 0 Å². The summed E-state index contributed by atoms with van der Waals surface area (Å²) in [5.41, 5.74) is -4.81. The molecule has 1 saturated carbocycles. The first-order valence-electron chi connectivity index (χ1n) is 6.13. The van der Waals surface area contributed by atoms with E-state index in [1.165, 1.54) is 4.98 Å². The summed E-state index contributed by atoms with van der Waals surface area (Å²) in [6, 6.07) is -1.86. The van der Waals surface area contributed by atoms with E-state index >= 15 is 0 Å². The molecule has 5 atom stereocenters. The average molecular weight is 328 g/mol. The normalized spacial score (nSPS) is 32.4. The van der Waals surface area contributed by atoms with E-state index in [0.717, 1.165) is 0 Å². The Morgan fingerprint density at radius 3 is 2.27 bits per heavy atom. The van der Waals surface area contributed by atoms with Gasteiger partial charge in [-0.25, -0.2) is 9.18 Å². The Hall–Kier alpha value is -1.72. The van der Waals surface area contributed by atoms with Crippen molar-refractivity contribution >= 4 is 0 Å². The van der Waals surface area contributed by atoms with Gasteiger partial charge in [-0.2, -0.15) is 13.2 Å². The Labute approximate surface area is 119 Å². The van der Waals surface area contributed by atoms with E-state index in [0.29, 0.717) is 0 Å². The number of aliphatic hydroxyl groups is 3. The Balaban J connectivity index is 2.58. The number of aromatic nitrogens is 2. The highest BCUT2D eigenvalue weighted by molar-refractivity contribution is 5.12. The molecule has 1 aromatic rings. The molecule has 0 amide bonds. The van der Waals surface area contributed by atoms with Gasteiger partial charge in [0.15, 0.2) is 0 Å². The van der Waals surface area contributed by atoms with E-state index in [2.05, 4.69) is 0 Å². The Morgan fingerprint density at radius 1 is 1.23 bits per heavy atom. The topological polar surface area (TPSA) is 116 Å². The van der Waals surface area contributed by atoms with Gasteiger partial charge in [0, 0.05) is 12.1 Å². The van der Waals surface area contributed by atoms with Gasteiger partial charge >= 0.3 is 11.9 Å². The summed E-state index contributed by atoms with van der Waals surface area (Å²) in [6.45, 7) is -0.875. The minimum absolute atomic E-state index is 0.0914. The third-order valence-electron chi connectivity index (χ3n) is 3.68. The number of H-pyrrole nitrogens is 1. The predicted octanol–water partition coefficient (Wildman–Crippen LogP) is -1.22. The van der Waals surface area contributed by atoms with Gasteiger partial charge in [-0.15, -0.1) is 0 Å². The van der Waals surface area contributed by atoms with Crippen molar-refractivity contribution in [2.24, 2.45) is 5.92 Å². The van der Waals surface area contributed by atoms with Crippen molar-refractivity contribution in [2.75, 3.05) is 6.61 Å². The zero-order valence-corrected chi connectivity index (χ0v) is 10.8. The van der Waals surface area contributed by atoms with Crippen molar-refractivity contribution in [3.63, 3.8) is 0 Å². The van der Waals surface area contributed by atoms with Crippen molar-refractivity contribution in [3.05, 3.63) is 32.6 Å². The zero-order chi connectivity index (χ0) is 16.8. The number of aromatic amines is 1. The first-order valence-corrected chi connectivity index (χ1v) is 6.13. The molecule has 0 aromatic carbocycles. The average Bonchev–Trinajstić information content (AvgIpc) is 2.60. The lowest BCUT2D eigenvalue weighted by molar-refractivity contribution is -0.139. The van der Waals surface area contributed by atoms with Gasteiger partial charge in [-0.3, -0.25) is 14.3 Å². The highest BCUT2D eigenvalue weighted by Gasteiger charge is 2.51. The van der Waals surface area contributed by atoms with Gasteiger partial charge in [0.2, 0.25) is 0 Å². The summed E-state index contributed by atoms with van der Waals surface area (Å²) in [6.07, 6.45) is -10.9. The van der Waals surface area contributed by atoms with Crippen LogP contribution in [0.4, 0.5) is 17.6 Å². The quantitative estimate of drug-likeness (QED) is 0.508. The van der Waals surface area contributed by atoms with Crippen molar-refractivity contribution < 1.29 is 32.9 Å². The predicted molar refractivity (Wildman–Crippen MR) is 62.8 cm³/mol. The molecule has 124 valence electrons. The minimum atomic E-state index is -5.09. The molecule has 0 bridgehead atoms. The van der Waals surface area contributed by atoms with Crippen LogP contribution in [0.25, 0.3) is 0 Å². The molecule has 2 unspecified atom stereocenters. The van der Waals surface area contributed by atoms with E-state index in [9.17, 15) is 37.4 Å². The molecule has 1 fully saturated rings. The number of hydrogen-bond acceptors (Lipinski definition) is 5. The number of nitrogens with one attached hydrogen (secondary N) is 1. The van der Waals surface area contributed by atoms with Crippen molar-refractivity contribution in [1.29, 1.82) is 0 Å². The zero-order valence-electron chi connectivity index (χ0n) is 10.8. The molecular weight excluding hydrogens is 316 g/mol. The van der Waals surface area contributed by atoms with Gasteiger partial charge in [-0.1, -0.05) is 0 Å². The third-order valence-corrected chi connectivity index (χ3v) is 3.68. The van der Waals surface area contributed by atoms with Crippen LogP contribution in [0.3, 0.4) is 0 Å². The fourth-order valence-electron chi connectivity index (χ4n) is 2.52. The van der Waals surface area contributed by atoms with Gasteiger partial charge in [0.05, 0.1) is 18.8 Å². The molecule has 0 saturated heterocycles. The molecule has 0 aliphatic heterocycles. The summed E-state index contributed by atoms with van der Waals surface area (Å²) in [7, 11) is 0. The first kappa shape index (κ1) is 16.6. The SMILES string of the molecule is O=c1[nH]c(=O)n([C@@H]2C(O)C(O)[C@H](CO)[C@@H]2F)cc1C(F)(F)F. The van der Waals surface area contributed by atoms with E-state index in [4.69, 9.17) is 5.11 Å². The van der Waals surface area contributed by atoms with Crippen LogP contribution >= 0.6 is 0 Å². The molecule has 2 rings (SSSR count). The van der Waals surface area contributed by atoms with Gasteiger partial charge in [-0.05, 0) is 0 Å². The second-order valence-corrected chi connectivity index (χ2v) is 4.97. The Bertz CT molecular complexity index is 670. The van der Waals surface area contributed by atoms with E-state index in [1.54, 1.807) is 0 Å². The van der Waals surface area contributed by atoms with Gasteiger partial charge < -0.3 is 15.3 Å². The number of nitrogens with zero attached hydrogens (tertiary/aromatic N) is 1. The molecule has 1 aliphatic carbocycles. The van der Waals surface area contributed by atoms with Gasteiger partial charge in [0.25, 0.3) is 5.56 Å². The Kier molecular flexibility index (Phi) is 4.15. The van der Waals surface area contributed by atoms with Crippen LogP contribution in [-0.4, -0.2) is 49.9 Å². The maximum Gasteiger partial charge on any atom is 0.423 e. The maximum atomic E-state index is 14.1. The summed E-state index contributed by atoms with van der Waals surface area (Å²) < 4.78 is 52.4. The molecule has 0 radical (unpaired) electrons. The van der Waals surface area contributed by atoms with E-state index < -0.39 is 59.9 Å². The number of rotatable bonds is 2. The summed E-state index contributed by atoms with van der Waals surface area (Å²) in [5.74, 6) is -1.46.